The smallest absolute Gasteiger partial charge is 0.106 e. The third kappa shape index (κ3) is 6.59. The van der Waals surface area contributed by atoms with Crippen molar-refractivity contribution in [3.8, 4) is 0 Å². The highest BCUT2D eigenvalue weighted by molar-refractivity contribution is 5.27. The molecule has 0 amide bonds. The van der Waals surface area contributed by atoms with Crippen LogP contribution in [-0.4, -0.2) is 19.3 Å². The van der Waals surface area contributed by atoms with E-state index in [9.17, 15) is 0 Å². The van der Waals surface area contributed by atoms with Gasteiger partial charge in [-0.15, -0.1) is 0 Å². The fourth-order valence-corrected chi connectivity index (χ4v) is 4.96. The van der Waals surface area contributed by atoms with E-state index in [0.717, 1.165) is 24.9 Å². The molecule has 0 aromatic heterocycles. The minimum Gasteiger partial charge on any atom is -0.373 e. The zero-order valence-corrected chi connectivity index (χ0v) is 18.3. The normalized spacial score (nSPS) is 28.4. The summed E-state index contributed by atoms with van der Waals surface area (Å²) in [6, 6.07) is 9.28. The predicted octanol–water partition coefficient (Wildman–Crippen LogP) is 7.58. The Morgan fingerprint density at radius 1 is 0.714 bits per heavy atom. The van der Waals surface area contributed by atoms with E-state index in [1.165, 1.54) is 81.8 Å². The molecule has 2 heteroatoms. The fraction of sp³-hybridized carbons (Fsp3) is 0.769. The predicted molar refractivity (Wildman–Crippen MR) is 118 cm³/mol. The minimum absolute atomic E-state index is 0.116. The van der Waals surface area contributed by atoms with Crippen molar-refractivity contribution in [1.82, 2.24) is 0 Å². The van der Waals surface area contributed by atoms with E-state index in [0.29, 0.717) is 12.7 Å². The molecule has 1 aromatic carbocycles. The quantitative estimate of drug-likeness (QED) is 0.386. The van der Waals surface area contributed by atoms with Crippen LogP contribution in [0.5, 0.6) is 0 Å². The molecule has 158 valence electrons. The first-order valence-electron chi connectivity index (χ1n) is 12.1. The van der Waals surface area contributed by atoms with Crippen LogP contribution in [0.3, 0.4) is 0 Å². The van der Waals surface area contributed by atoms with Crippen molar-refractivity contribution in [2.75, 3.05) is 13.2 Å². The van der Waals surface area contributed by atoms with Gasteiger partial charge in [0.25, 0.3) is 0 Å². The summed E-state index contributed by atoms with van der Waals surface area (Å²) >= 11 is 0. The Labute approximate surface area is 173 Å². The van der Waals surface area contributed by atoms with Crippen LogP contribution < -0.4 is 0 Å². The number of hydrogen-bond acceptors (Lipinski definition) is 2. The Morgan fingerprint density at radius 3 is 2.07 bits per heavy atom. The maximum atomic E-state index is 6.10. The summed E-state index contributed by atoms with van der Waals surface area (Å²) in [7, 11) is 0. The van der Waals surface area contributed by atoms with Gasteiger partial charge in [-0.2, -0.15) is 0 Å². The summed E-state index contributed by atoms with van der Waals surface area (Å²) in [5.41, 5.74) is 2.81. The van der Waals surface area contributed by atoms with Crippen molar-refractivity contribution in [2.45, 2.75) is 109 Å². The molecule has 1 heterocycles. The Bertz CT molecular complexity index is 522. The molecular weight excluding hydrogens is 344 g/mol. The van der Waals surface area contributed by atoms with Crippen LogP contribution in [0, 0.1) is 5.92 Å². The zero-order valence-electron chi connectivity index (χ0n) is 18.3. The fourth-order valence-electron chi connectivity index (χ4n) is 4.96. The van der Waals surface area contributed by atoms with Gasteiger partial charge in [0, 0.05) is 0 Å². The number of benzene rings is 1. The molecule has 0 spiro atoms. The van der Waals surface area contributed by atoms with Crippen LogP contribution in [0.2, 0.25) is 0 Å². The summed E-state index contributed by atoms with van der Waals surface area (Å²) in [6.45, 7) is 5.98. The van der Waals surface area contributed by atoms with Gasteiger partial charge in [-0.3, -0.25) is 0 Å². The van der Waals surface area contributed by atoms with Crippen molar-refractivity contribution in [3.63, 3.8) is 0 Å². The van der Waals surface area contributed by atoms with Crippen molar-refractivity contribution in [2.24, 2.45) is 5.92 Å². The number of unbranched alkanes of at least 4 members (excludes halogenated alkanes) is 4. The van der Waals surface area contributed by atoms with Gasteiger partial charge in [0.2, 0.25) is 0 Å². The second kappa shape index (κ2) is 12.0. The van der Waals surface area contributed by atoms with Gasteiger partial charge in [-0.1, -0.05) is 83.1 Å². The van der Waals surface area contributed by atoms with E-state index in [4.69, 9.17) is 9.47 Å². The van der Waals surface area contributed by atoms with Crippen molar-refractivity contribution in [1.29, 1.82) is 0 Å². The first-order chi connectivity index (χ1) is 13.8. The van der Waals surface area contributed by atoms with Crippen molar-refractivity contribution < 1.29 is 9.47 Å². The molecule has 0 unspecified atom stereocenters. The molecule has 2 aliphatic rings. The molecule has 1 aliphatic heterocycles. The van der Waals surface area contributed by atoms with Gasteiger partial charge < -0.3 is 9.47 Å². The molecule has 28 heavy (non-hydrogen) atoms. The second-order valence-corrected chi connectivity index (χ2v) is 9.15. The molecule has 3 rings (SSSR count). The molecule has 1 aromatic rings. The van der Waals surface area contributed by atoms with Crippen LogP contribution in [-0.2, 0) is 9.47 Å². The van der Waals surface area contributed by atoms with Gasteiger partial charge in [0.15, 0.2) is 0 Å². The van der Waals surface area contributed by atoms with Gasteiger partial charge in [-0.25, -0.2) is 0 Å². The molecule has 0 bridgehead atoms. The monoisotopic (exact) mass is 386 g/mol. The van der Waals surface area contributed by atoms with Gasteiger partial charge >= 0.3 is 0 Å². The summed E-state index contributed by atoms with van der Waals surface area (Å²) < 4.78 is 12.1. The first kappa shape index (κ1) is 21.8. The van der Waals surface area contributed by atoms with Crippen LogP contribution in [0.4, 0.5) is 0 Å². The van der Waals surface area contributed by atoms with Gasteiger partial charge in [0.1, 0.15) is 6.10 Å². The van der Waals surface area contributed by atoms with E-state index >= 15 is 0 Å². The molecule has 1 saturated heterocycles. The van der Waals surface area contributed by atoms with E-state index in [-0.39, 0.29) is 6.10 Å². The van der Waals surface area contributed by atoms with E-state index in [2.05, 4.69) is 38.1 Å². The highest BCUT2D eigenvalue weighted by atomic mass is 16.6. The number of hydrogen-bond donors (Lipinski definition) is 0. The lowest BCUT2D eigenvalue weighted by atomic mass is 9.77. The SMILES string of the molecule is CCCCCCC1CCC(c2ccc([C@@H]3CO[C@@H](CCCC)CO3)cc2)CC1. The van der Waals surface area contributed by atoms with Crippen molar-refractivity contribution >= 4 is 0 Å². The Morgan fingerprint density at radius 2 is 1.43 bits per heavy atom. The molecule has 0 N–H and O–H groups in total. The number of rotatable bonds is 10. The Kier molecular flexibility index (Phi) is 9.34. The van der Waals surface area contributed by atoms with Gasteiger partial charge in [0.05, 0.1) is 19.3 Å². The summed E-state index contributed by atoms with van der Waals surface area (Å²) in [5, 5.41) is 0. The molecule has 1 saturated carbocycles. The summed E-state index contributed by atoms with van der Waals surface area (Å²) in [4.78, 5) is 0. The lowest BCUT2D eigenvalue weighted by Gasteiger charge is -2.31. The zero-order chi connectivity index (χ0) is 19.6. The maximum absolute atomic E-state index is 6.10. The molecule has 0 radical (unpaired) electrons. The average Bonchev–Trinajstić information content (AvgIpc) is 2.76. The third-order valence-corrected chi connectivity index (χ3v) is 6.94. The molecule has 1 aliphatic carbocycles. The van der Waals surface area contributed by atoms with Crippen molar-refractivity contribution in [3.05, 3.63) is 35.4 Å². The third-order valence-electron chi connectivity index (χ3n) is 6.94. The van der Waals surface area contributed by atoms with E-state index in [1.54, 1.807) is 0 Å². The standard InChI is InChI=1S/C26H42O2/c1-3-5-7-8-9-21-11-13-22(14-12-21)23-15-17-24(18-16-23)26-20-27-25(19-28-26)10-6-4-2/h15-18,21-22,25-26H,3-14,19-20H2,1-2H3/t21?,22?,25-,26-/m0/s1. The van der Waals surface area contributed by atoms with Crippen LogP contribution in [0.25, 0.3) is 0 Å². The minimum atomic E-state index is 0.116. The maximum Gasteiger partial charge on any atom is 0.106 e. The lowest BCUT2D eigenvalue weighted by molar-refractivity contribution is -0.137. The van der Waals surface area contributed by atoms with Crippen LogP contribution >= 0.6 is 0 Å². The lowest BCUT2D eigenvalue weighted by Crippen LogP contribution is -2.31. The van der Waals surface area contributed by atoms with Gasteiger partial charge in [-0.05, 0) is 55.1 Å². The van der Waals surface area contributed by atoms with E-state index in [1.807, 2.05) is 0 Å². The first-order valence-corrected chi connectivity index (χ1v) is 12.1. The molecular formula is C26H42O2. The second-order valence-electron chi connectivity index (χ2n) is 9.15. The molecule has 2 nitrogen and oxygen atoms in total. The Hall–Kier alpha value is -0.860. The number of ether oxygens (including phenoxy) is 2. The summed E-state index contributed by atoms with van der Waals surface area (Å²) in [6.07, 6.45) is 16.7. The molecule has 2 atom stereocenters. The van der Waals surface area contributed by atoms with Crippen LogP contribution in [0.1, 0.15) is 114 Å². The highest BCUT2D eigenvalue weighted by Gasteiger charge is 2.25. The highest BCUT2D eigenvalue weighted by Crippen LogP contribution is 2.38. The van der Waals surface area contributed by atoms with E-state index < -0.39 is 0 Å². The molecule has 2 fully saturated rings. The summed E-state index contributed by atoms with van der Waals surface area (Å²) in [5.74, 6) is 1.75. The largest absolute Gasteiger partial charge is 0.373 e. The average molecular weight is 387 g/mol. The Balaban J connectivity index is 1.40. The van der Waals surface area contributed by atoms with Crippen LogP contribution in [0.15, 0.2) is 24.3 Å². The topological polar surface area (TPSA) is 18.5 Å².